The van der Waals surface area contributed by atoms with E-state index in [0.29, 0.717) is 22.5 Å². The first kappa shape index (κ1) is 13.0. The fourth-order valence-electron chi connectivity index (χ4n) is 1.74. The fourth-order valence-corrected chi connectivity index (χ4v) is 2.52. The number of nitrogens with one attached hydrogen (secondary N) is 1. The zero-order valence-corrected chi connectivity index (χ0v) is 11.8. The topological polar surface area (TPSA) is 86.0 Å². The van der Waals surface area contributed by atoms with Crippen LogP contribution in [0.1, 0.15) is 5.01 Å². The van der Waals surface area contributed by atoms with Crippen LogP contribution < -0.4 is 16.0 Å². The molecule has 0 radical (unpaired) electrons. The first-order valence-corrected chi connectivity index (χ1v) is 6.92. The number of ether oxygens (including phenoxy) is 1. The van der Waals surface area contributed by atoms with Crippen molar-refractivity contribution in [3.05, 3.63) is 40.5 Å². The molecule has 3 aromatic rings. The van der Waals surface area contributed by atoms with Gasteiger partial charge in [0.25, 0.3) is 0 Å². The number of rotatable bonds is 4. The Morgan fingerprint density at radius 2 is 2.20 bits per heavy atom. The number of benzene rings is 1. The molecule has 0 amide bonds. The number of hydrazine groups is 1. The van der Waals surface area contributed by atoms with Gasteiger partial charge >= 0.3 is 0 Å². The molecule has 102 valence electrons. The van der Waals surface area contributed by atoms with E-state index < -0.39 is 0 Å². The normalized spacial score (nSPS) is 10.7. The van der Waals surface area contributed by atoms with E-state index in [1.54, 1.807) is 18.3 Å². The van der Waals surface area contributed by atoms with Gasteiger partial charge in [0.15, 0.2) is 5.01 Å². The second-order valence-corrected chi connectivity index (χ2v) is 5.35. The molecule has 0 aliphatic rings. The van der Waals surface area contributed by atoms with Crippen LogP contribution in [0, 0.1) is 0 Å². The molecule has 3 N–H and O–H groups in total. The molecule has 0 aliphatic heterocycles. The molecule has 0 fully saturated rings. The number of nitrogen functional groups attached to an aromatic ring is 1. The average molecular weight is 308 g/mol. The smallest absolute Gasteiger partial charge is 0.219 e. The number of halogens is 1. The van der Waals surface area contributed by atoms with E-state index in [0.717, 1.165) is 15.9 Å². The second-order valence-electron chi connectivity index (χ2n) is 3.88. The molecule has 0 spiro atoms. The van der Waals surface area contributed by atoms with E-state index >= 15 is 0 Å². The fraction of sp³-hybridized carbons (Fsp3) is 0.0833. The van der Waals surface area contributed by atoms with Gasteiger partial charge < -0.3 is 4.74 Å². The quantitative estimate of drug-likeness (QED) is 0.569. The highest BCUT2D eigenvalue weighted by Gasteiger charge is 2.09. The first-order chi connectivity index (χ1) is 9.78. The van der Waals surface area contributed by atoms with E-state index in [9.17, 15) is 0 Å². The van der Waals surface area contributed by atoms with Gasteiger partial charge in [-0.1, -0.05) is 22.9 Å². The monoisotopic (exact) mass is 307 g/mol. The Bertz CT molecular complexity index is 748. The predicted molar refractivity (Wildman–Crippen MR) is 78.8 cm³/mol. The van der Waals surface area contributed by atoms with E-state index in [-0.39, 0.29) is 0 Å². The molecule has 1 aromatic carbocycles. The van der Waals surface area contributed by atoms with Gasteiger partial charge in [-0.2, -0.15) is 0 Å². The summed E-state index contributed by atoms with van der Waals surface area (Å²) in [5.74, 6) is 5.91. The number of pyridine rings is 1. The van der Waals surface area contributed by atoms with Gasteiger partial charge in [0.2, 0.25) is 5.13 Å². The Hall–Kier alpha value is -1.96. The Morgan fingerprint density at radius 1 is 1.30 bits per heavy atom. The summed E-state index contributed by atoms with van der Waals surface area (Å²) in [5.41, 5.74) is 3.17. The summed E-state index contributed by atoms with van der Waals surface area (Å²) in [7, 11) is 0. The van der Waals surface area contributed by atoms with Crippen LogP contribution in [0.3, 0.4) is 0 Å². The molecule has 0 aliphatic carbocycles. The third-order valence-electron chi connectivity index (χ3n) is 2.62. The van der Waals surface area contributed by atoms with Crippen LogP contribution in [-0.4, -0.2) is 15.2 Å². The number of nitrogens with zero attached hydrogens (tertiary/aromatic N) is 3. The van der Waals surface area contributed by atoms with Gasteiger partial charge in [-0.3, -0.25) is 10.4 Å². The minimum Gasteiger partial charge on any atom is -0.484 e. The molecule has 6 nitrogen and oxygen atoms in total. The highest BCUT2D eigenvalue weighted by atomic mass is 35.5. The summed E-state index contributed by atoms with van der Waals surface area (Å²) in [6.07, 6.45) is 1.70. The lowest BCUT2D eigenvalue weighted by Gasteiger charge is -2.07. The molecule has 2 aromatic heterocycles. The molecular formula is C12H10ClN5OS. The standard InChI is InChI=1S/C12H10ClN5OS/c13-8-3-4-9(11-7(8)2-1-5-15-11)19-6-10-17-18-12(16-14)20-10/h1-5H,6,14H2,(H,16,18). The van der Waals surface area contributed by atoms with Crippen LogP contribution >= 0.6 is 22.9 Å². The SMILES string of the molecule is NNc1nnc(COc2ccc(Cl)c3cccnc23)s1. The van der Waals surface area contributed by atoms with Crippen LogP contribution in [0.15, 0.2) is 30.5 Å². The summed E-state index contributed by atoms with van der Waals surface area (Å²) in [6, 6.07) is 7.32. The van der Waals surface area contributed by atoms with Crippen molar-refractivity contribution in [2.45, 2.75) is 6.61 Å². The molecular weight excluding hydrogens is 298 g/mol. The number of anilines is 1. The molecule has 0 unspecified atom stereocenters. The highest BCUT2D eigenvalue weighted by Crippen LogP contribution is 2.30. The van der Waals surface area contributed by atoms with Crippen LogP contribution in [0.2, 0.25) is 5.02 Å². The van der Waals surface area contributed by atoms with Crippen molar-refractivity contribution in [3.63, 3.8) is 0 Å². The van der Waals surface area contributed by atoms with Gasteiger partial charge in [0, 0.05) is 11.6 Å². The average Bonchev–Trinajstić information content (AvgIpc) is 2.95. The van der Waals surface area contributed by atoms with Gasteiger partial charge in [0.05, 0.1) is 5.02 Å². The van der Waals surface area contributed by atoms with Gasteiger partial charge in [-0.05, 0) is 24.3 Å². The van der Waals surface area contributed by atoms with Crippen molar-refractivity contribution in [1.82, 2.24) is 15.2 Å². The maximum Gasteiger partial charge on any atom is 0.219 e. The highest BCUT2D eigenvalue weighted by molar-refractivity contribution is 7.15. The molecule has 0 bridgehead atoms. The third kappa shape index (κ3) is 2.51. The lowest BCUT2D eigenvalue weighted by molar-refractivity contribution is 0.307. The van der Waals surface area contributed by atoms with E-state index in [2.05, 4.69) is 20.6 Å². The van der Waals surface area contributed by atoms with E-state index in [4.69, 9.17) is 22.2 Å². The first-order valence-electron chi connectivity index (χ1n) is 5.73. The Balaban J connectivity index is 1.86. The summed E-state index contributed by atoms with van der Waals surface area (Å²) >= 11 is 7.46. The summed E-state index contributed by atoms with van der Waals surface area (Å²) in [6.45, 7) is 0.298. The zero-order valence-electron chi connectivity index (χ0n) is 10.2. The number of nitrogens with two attached hydrogens (primary N) is 1. The van der Waals surface area contributed by atoms with Crippen LogP contribution in [0.25, 0.3) is 10.9 Å². The number of aromatic nitrogens is 3. The molecule has 8 heteroatoms. The summed E-state index contributed by atoms with van der Waals surface area (Å²) < 4.78 is 5.74. The van der Waals surface area contributed by atoms with E-state index in [1.807, 2.05) is 12.1 Å². The maximum absolute atomic E-state index is 6.13. The Kier molecular flexibility index (Phi) is 3.64. The number of hydrogen-bond donors (Lipinski definition) is 2. The summed E-state index contributed by atoms with van der Waals surface area (Å²) in [5, 5.41) is 10.6. The van der Waals surface area contributed by atoms with Crippen LogP contribution in [-0.2, 0) is 6.61 Å². The number of fused-ring (bicyclic) bond motifs is 1. The summed E-state index contributed by atoms with van der Waals surface area (Å²) in [4.78, 5) is 4.30. The molecule has 0 saturated heterocycles. The number of hydrogen-bond acceptors (Lipinski definition) is 7. The molecule has 0 saturated carbocycles. The largest absolute Gasteiger partial charge is 0.484 e. The van der Waals surface area contributed by atoms with Crippen molar-refractivity contribution >= 4 is 39.0 Å². The minimum atomic E-state index is 0.298. The minimum absolute atomic E-state index is 0.298. The molecule has 2 heterocycles. The zero-order chi connectivity index (χ0) is 13.9. The van der Waals surface area contributed by atoms with Gasteiger partial charge in [-0.15, -0.1) is 10.2 Å². The lowest BCUT2D eigenvalue weighted by atomic mass is 10.2. The van der Waals surface area contributed by atoms with Crippen LogP contribution in [0.4, 0.5) is 5.13 Å². The van der Waals surface area contributed by atoms with Crippen molar-refractivity contribution in [3.8, 4) is 5.75 Å². The Labute approximate surface area is 123 Å². The predicted octanol–water partition coefficient (Wildman–Crippen LogP) is 2.60. The Morgan fingerprint density at radius 3 is 3.00 bits per heavy atom. The van der Waals surface area contributed by atoms with Gasteiger partial charge in [0.1, 0.15) is 17.9 Å². The van der Waals surface area contributed by atoms with Crippen molar-refractivity contribution in [1.29, 1.82) is 0 Å². The van der Waals surface area contributed by atoms with Crippen LogP contribution in [0.5, 0.6) is 5.75 Å². The van der Waals surface area contributed by atoms with Crippen molar-refractivity contribution in [2.24, 2.45) is 5.84 Å². The van der Waals surface area contributed by atoms with E-state index in [1.165, 1.54) is 11.3 Å². The maximum atomic E-state index is 6.13. The lowest BCUT2D eigenvalue weighted by Crippen LogP contribution is -2.05. The van der Waals surface area contributed by atoms with Gasteiger partial charge in [-0.25, -0.2) is 5.84 Å². The third-order valence-corrected chi connectivity index (χ3v) is 3.78. The molecule has 3 rings (SSSR count). The molecule has 20 heavy (non-hydrogen) atoms. The van der Waals surface area contributed by atoms with Crippen molar-refractivity contribution in [2.75, 3.05) is 5.43 Å². The second kappa shape index (κ2) is 5.58. The van der Waals surface area contributed by atoms with Crippen molar-refractivity contribution < 1.29 is 4.74 Å². The molecule has 0 atom stereocenters.